The fourth-order valence-corrected chi connectivity index (χ4v) is 1.59. The van der Waals surface area contributed by atoms with Gasteiger partial charge < -0.3 is 5.11 Å². The van der Waals surface area contributed by atoms with Crippen molar-refractivity contribution in [3.8, 4) is 12.3 Å². The van der Waals surface area contributed by atoms with Crippen LogP contribution >= 0.6 is 0 Å². The fourth-order valence-electron chi connectivity index (χ4n) is 1.59. The van der Waals surface area contributed by atoms with E-state index < -0.39 is 17.9 Å². The van der Waals surface area contributed by atoms with Crippen molar-refractivity contribution >= 4 is 17.8 Å². The maximum Gasteiger partial charge on any atom is 0.317 e. The van der Waals surface area contributed by atoms with Crippen LogP contribution in [0, 0.1) is 12.3 Å². The zero-order valence-corrected chi connectivity index (χ0v) is 8.84. The Kier molecular flexibility index (Phi) is 3.64. The molecule has 0 aromatic rings. The van der Waals surface area contributed by atoms with E-state index in [0.29, 0.717) is 0 Å². The van der Waals surface area contributed by atoms with Gasteiger partial charge in [0.15, 0.2) is 0 Å². The standard InChI is InChI=1S/C10H12N2O4/c1-3-4-12(6-9(14)15)7-5-8(13)11(2)10(7)16/h1,7H,4-6H2,2H3,(H,14,15). The first kappa shape index (κ1) is 12.2. The number of aliphatic carboxylic acids is 1. The van der Waals surface area contributed by atoms with E-state index in [0.717, 1.165) is 4.90 Å². The van der Waals surface area contributed by atoms with Crippen LogP contribution in [0.2, 0.25) is 0 Å². The van der Waals surface area contributed by atoms with Gasteiger partial charge >= 0.3 is 5.97 Å². The highest BCUT2D eigenvalue weighted by molar-refractivity contribution is 6.05. The number of carbonyl (C=O) groups is 3. The van der Waals surface area contributed by atoms with Crippen LogP contribution in [0.5, 0.6) is 0 Å². The lowest BCUT2D eigenvalue weighted by molar-refractivity contribution is -0.140. The number of likely N-dealkylation sites (tertiary alicyclic amines) is 1. The Morgan fingerprint density at radius 2 is 2.31 bits per heavy atom. The van der Waals surface area contributed by atoms with Gasteiger partial charge in [0.1, 0.15) is 0 Å². The fraction of sp³-hybridized carbons (Fsp3) is 0.500. The van der Waals surface area contributed by atoms with Crippen LogP contribution in [0.15, 0.2) is 0 Å². The molecular weight excluding hydrogens is 212 g/mol. The van der Waals surface area contributed by atoms with Crippen LogP contribution in [0.3, 0.4) is 0 Å². The van der Waals surface area contributed by atoms with Crippen molar-refractivity contribution in [2.24, 2.45) is 0 Å². The van der Waals surface area contributed by atoms with Gasteiger partial charge in [-0.3, -0.25) is 24.2 Å². The molecule has 1 aliphatic rings. The highest BCUT2D eigenvalue weighted by Crippen LogP contribution is 2.16. The first-order valence-corrected chi connectivity index (χ1v) is 4.67. The number of hydrogen-bond acceptors (Lipinski definition) is 4. The van der Waals surface area contributed by atoms with Gasteiger partial charge in [-0.05, 0) is 0 Å². The van der Waals surface area contributed by atoms with E-state index in [1.165, 1.54) is 11.9 Å². The number of imide groups is 1. The second-order valence-corrected chi connectivity index (χ2v) is 3.51. The molecule has 1 rings (SSSR count). The van der Waals surface area contributed by atoms with Gasteiger partial charge in [-0.25, -0.2) is 0 Å². The molecule has 1 saturated heterocycles. The monoisotopic (exact) mass is 224 g/mol. The van der Waals surface area contributed by atoms with Crippen molar-refractivity contribution in [2.45, 2.75) is 12.5 Å². The third-order valence-corrected chi connectivity index (χ3v) is 2.43. The number of terminal acetylenes is 1. The van der Waals surface area contributed by atoms with Crippen molar-refractivity contribution < 1.29 is 19.5 Å². The zero-order valence-electron chi connectivity index (χ0n) is 8.84. The molecule has 2 amide bonds. The number of carboxylic acids is 1. The van der Waals surface area contributed by atoms with Gasteiger partial charge in [-0.1, -0.05) is 5.92 Å². The van der Waals surface area contributed by atoms with E-state index in [4.69, 9.17) is 11.5 Å². The number of amides is 2. The highest BCUT2D eigenvalue weighted by atomic mass is 16.4. The number of hydrogen-bond donors (Lipinski definition) is 1. The van der Waals surface area contributed by atoms with Gasteiger partial charge in [0.25, 0.3) is 0 Å². The Bertz CT molecular complexity index is 372. The van der Waals surface area contributed by atoms with Crippen molar-refractivity contribution in [3.05, 3.63) is 0 Å². The number of likely N-dealkylation sites (N-methyl/N-ethyl adjacent to an activating group) is 1. The Morgan fingerprint density at radius 1 is 1.69 bits per heavy atom. The van der Waals surface area contributed by atoms with E-state index >= 15 is 0 Å². The maximum absolute atomic E-state index is 11.6. The summed E-state index contributed by atoms with van der Waals surface area (Å²) in [4.78, 5) is 35.8. The van der Waals surface area contributed by atoms with Crippen LogP contribution < -0.4 is 0 Å². The van der Waals surface area contributed by atoms with E-state index in [2.05, 4.69) is 5.92 Å². The lowest BCUT2D eigenvalue weighted by Crippen LogP contribution is -2.43. The number of rotatable bonds is 4. The Labute approximate surface area is 92.8 Å². The molecule has 0 radical (unpaired) electrons. The molecule has 0 aliphatic carbocycles. The normalized spacial score (nSPS) is 20.3. The number of carbonyl (C=O) groups excluding carboxylic acids is 2. The summed E-state index contributed by atoms with van der Waals surface area (Å²) in [5.74, 6) is 0.484. The average molecular weight is 224 g/mol. The largest absolute Gasteiger partial charge is 0.480 e. The number of nitrogens with zero attached hydrogens (tertiary/aromatic N) is 2. The summed E-state index contributed by atoms with van der Waals surface area (Å²) in [7, 11) is 1.37. The molecule has 1 unspecified atom stereocenters. The molecule has 6 heteroatoms. The third kappa shape index (κ3) is 2.38. The Balaban J connectivity index is 2.80. The summed E-state index contributed by atoms with van der Waals surface area (Å²) in [6.07, 6.45) is 5.08. The van der Waals surface area contributed by atoms with Crippen molar-refractivity contribution in [2.75, 3.05) is 20.1 Å². The SMILES string of the molecule is C#CCN(CC(=O)O)C1CC(=O)N(C)C1=O. The quantitative estimate of drug-likeness (QED) is 0.477. The molecule has 0 aromatic carbocycles. The third-order valence-electron chi connectivity index (χ3n) is 2.43. The van der Waals surface area contributed by atoms with Crippen LogP contribution in [-0.2, 0) is 14.4 Å². The van der Waals surface area contributed by atoms with E-state index in [9.17, 15) is 14.4 Å². The molecule has 1 heterocycles. The van der Waals surface area contributed by atoms with Crippen molar-refractivity contribution in [1.82, 2.24) is 9.80 Å². The first-order chi connectivity index (χ1) is 7.47. The number of carboxylic acid groups (broad SMARTS) is 1. The minimum Gasteiger partial charge on any atom is -0.480 e. The van der Waals surface area contributed by atoms with Gasteiger partial charge in [-0.15, -0.1) is 6.42 Å². The highest BCUT2D eigenvalue weighted by Gasteiger charge is 2.40. The molecule has 6 nitrogen and oxygen atoms in total. The predicted molar refractivity (Wildman–Crippen MR) is 54.2 cm³/mol. The Hall–Kier alpha value is -1.87. The summed E-state index contributed by atoms with van der Waals surface area (Å²) in [6.45, 7) is -0.314. The molecule has 86 valence electrons. The second kappa shape index (κ2) is 4.77. The van der Waals surface area contributed by atoms with Crippen LogP contribution in [0.25, 0.3) is 0 Å². The van der Waals surface area contributed by atoms with E-state index in [-0.39, 0.29) is 25.4 Å². The van der Waals surface area contributed by atoms with Crippen molar-refractivity contribution in [1.29, 1.82) is 0 Å². The summed E-state index contributed by atoms with van der Waals surface area (Å²) < 4.78 is 0. The maximum atomic E-state index is 11.6. The summed E-state index contributed by atoms with van der Waals surface area (Å²) >= 11 is 0. The minimum atomic E-state index is -1.08. The molecule has 0 spiro atoms. The minimum absolute atomic E-state index is 0.00963. The molecule has 1 fully saturated rings. The average Bonchev–Trinajstić information content (AvgIpc) is 2.45. The van der Waals surface area contributed by atoms with Gasteiger partial charge in [0.05, 0.1) is 25.6 Å². The van der Waals surface area contributed by atoms with Crippen molar-refractivity contribution in [3.63, 3.8) is 0 Å². The second-order valence-electron chi connectivity index (χ2n) is 3.51. The lowest BCUT2D eigenvalue weighted by Gasteiger charge is -2.22. The zero-order chi connectivity index (χ0) is 12.3. The van der Waals surface area contributed by atoms with Gasteiger partial charge in [0.2, 0.25) is 11.8 Å². The van der Waals surface area contributed by atoms with E-state index in [1.54, 1.807) is 0 Å². The molecule has 16 heavy (non-hydrogen) atoms. The summed E-state index contributed by atoms with van der Waals surface area (Å²) in [5, 5.41) is 8.67. The van der Waals surface area contributed by atoms with Gasteiger partial charge in [-0.2, -0.15) is 0 Å². The lowest BCUT2D eigenvalue weighted by atomic mass is 10.2. The van der Waals surface area contributed by atoms with Gasteiger partial charge in [0, 0.05) is 7.05 Å². The summed E-state index contributed by atoms with van der Waals surface area (Å²) in [5.41, 5.74) is 0. The molecule has 0 aromatic heterocycles. The van der Waals surface area contributed by atoms with Crippen LogP contribution in [-0.4, -0.2) is 58.9 Å². The molecule has 1 N–H and O–H groups in total. The Morgan fingerprint density at radius 3 is 2.69 bits per heavy atom. The molecule has 1 atom stereocenters. The van der Waals surface area contributed by atoms with Crippen LogP contribution in [0.4, 0.5) is 0 Å². The van der Waals surface area contributed by atoms with Crippen LogP contribution in [0.1, 0.15) is 6.42 Å². The topological polar surface area (TPSA) is 77.9 Å². The predicted octanol–water partition coefficient (Wildman–Crippen LogP) is -1.24. The molecular formula is C10H12N2O4. The molecule has 0 saturated carbocycles. The first-order valence-electron chi connectivity index (χ1n) is 4.67. The summed E-state index contributed by atoms with van der Waals surface area (Å²) in [6, 6.07) is -0.746. The smallest absolute Gasteiger partial charge is 0.317 e. The molecule has 1 aliphatic heterocycles. The van der Waals surface area contributed by atoms with E-state index in [1.807, 2.05) is 0 Å². The molecule has 0 bridgehead atoms.